The summed E-state index contributed by atoms with van der Waals surface area (Å²) in [6.45, 7) is 1.82. The molecule has 7 heteroatoms. The van der Waals surface area contributed by atoms with Crippen molar-refractivity contribution in [2.75, 3.05) is 7.11 Å². The van der Waals surface area contributed by atoms with Crippen LogP contribution in [0.15, 0.2) is 29.2 Å². The zero-order valence-corrected chi connectivity index (χ0v) is 10.1. The maximum absolute atomic E-state index is 11.4. The molecule has 0 radical (unpaired) electrons. The van der Waals surface area contributed by atoms with Crippen molar-refractivity contribution in [1.29, 1.82) is 0 Å². The molecule has 0 spiro atoms. The van der Waals surface area contributed by atoms with Crippen LogP contribution >= 0.6 is 0 Å². The molecule has 0 N–H and O–H groups in total. The van der Waals surface area contributed by atoms with Gasteiger partial charge in [0.2, 0.25) is 0 Å². The normalized spacial score (nSPS) is 10.1. The van der Waals surface area contributed by atoms with Gasteiger partial charge in [0.25, 0.3) is 0 Å². The predicted molar refractivity (Wildman–Crippen MR) is 53.0 cm³/mol. The van der Waals surface area contributed by atoms with Gasteiger partial charge in [0.15, 0.2) is 0 Å². The van der Waals surface area contributed by atoms with E-state index in [-0.39, 0.29) is 25.2 Å². The van der Waals surface area contributed by atoms with E-state index in [4.69, 9.17) is 0 Å². The molecule has 0 aliphatic carbocycles. The van der Waals surface area contributed by atoms with Gasteiger partial charge in [-0.25, -0.2) is 4.79 Å². The van der Waals surface area contributed by atoms with Crippen LogP contribution in [0.3, 0.4) is 0 Å². The number of benzene rings is 1. The van der Waals surface area contributed by atoms with E-state index in [0.29, 0.717) is 0 Å². The monoisotopic (exact) mass is 238 g/mol. The van der Waals surface area contributed by atoms with E-state index < -0.39 is 16.3 Å². The van der Waals surface area contributed by atoms with Gasteiger partial charge < -0.3 is 10.3 Å². The van der Waals surface area contributed by atoms with Crippen molar-refractivity contribution < 1.29 is 42.4 Å². The molecule has 84 valence electrons. The summed E-state index contributed by atoms with van der Waals surface area (Å²) < 4.78 is 31.0. The van der Waals surface area contributed by atoms with Gasteiger partial charge in [0, 0.05) is 0 Å². The quantitative estimate of drug-likeness (QED) is 0.359. The van der Waals surface area contributed by atoms with Gasteiger partial charge in [-0.2, -0.15) is 8.42 Å². The Kier molecular flexibility index (Phi) is 5.59. The van der Waals surface area contributed by atoms with E-state index in [1.807, 2.05) is 6.92 Å². The van der Waals surface area contributed by atoms with Crippen LogP contribution in [0.1, 0.15) is 6.99 Å². The first-order valence-corrected chi connectivity index (χ1v) is 5.45. The zero-order chi connectivity index (χ0) is 11.5. The number of ether oxygens (including phenoxy) is 1. The molecule has 1 aromatic carbocycles. The Hall–Kier alpha value is -0.963. The molecule has 0 aromatic heterocycles. The number of aryl methyl sites for hydroxylation is 1. The fourth-order valence-corrected chi connectivity index (χ4v) is 1.69. The van der Waals surface area contributed by atoms with E-state index in [1.165, 1.54) is 12.1 Å². The van der Waals surface area contributed by atoms with Crippen LogP contribution in [0.4, 0.5) is 4.79 Å². The van der Waals surface area contributed by atoms with Crippen LogP contribution in [-0.2, 0) is 19.0 Å². The third kappa shape index (κ3) is 3.89. The maximum Gasteiger partial charge on any atom is 1.00 e. The maximum atomic E-state index is 11.4. The molecule has 0 fully saturated rings. The molecule has 0 bridgehead atoms. The molecule has 0 saturated heterocycles. The number of carbonyl (C=O) groups excluding carboxylic acids is 1. The predicted octanol–water partition coefficient (Wildman–Crippen LogP) is -1.42. The Labute approximate surface area is 108 Å². The fourth-order valence-electron chi connectivity index (χ4n) is 0.877. The van der Waals surface area contributed by atoms with Gasteiger partial charge in [0.1, 0.15) is 4.90 Å². The molecular formula is C9H11LiO5S. The van der Waals surface area contributed by atoms with Crippen LogP contribution in [-0.4, -0.2) is 21.7 Å². The third-order valence-electron chi connectivity index (χ3n) is 1.65. The number of hydrogen-bond donors (Lipinski definition) is 0. The van der Waals surface area contributed by atoms with Gasteiger partial charge in [-0.3, -0.25) is 0 Å². The summed E-state index contributed by atoms with van der Waals surface area (Å²) in [5.74, 6) is 0. The second kappa shape index (κ2) is 5.94. The average molecular weight is 238 g/mol. The number of hydrogen-bond acceptors (Lipinski definition) is 5. The largest absolute Gasteiger partial charge is 1.00 e. The number of carbonyl (C=O) groups is 1. The van der Waals surface area contributed by atoms with E-state index >= 15 is 0 Å². The van der Waals surface area contributed by atoms with Crippen molar-refractivity contribution in [2.45, 2.75) is 11.8 Å². The molecule has 0 unspecified atom stereocenters. The molecular weight excluding hydrogens is 227 g/mol. The number of methoxy groups -OCH3 is 1. The Balaban J connectivity index is 0. The molecule has 0 aliphatic rings. The SMILES string of the molecule is COC(=O)OS(=O)(=O)c1ccc(C)cc1.[H-].[Li+]. The minimum atomic E-state index is -4.06. The Morgan fingerprint density at radius 1 is 1.25 bits per heavy atom. The molecule has 16 heavy (non-hydrogen) atoms. The van der Waals surface area contributed by atoms with Gasteiger partial charge in [-0.15, -0.1) is 0 Å². The minimum absolute atomic E-state index is 0. The number of rotatable bonds is 2. The fraction of sp³-hybridized carbons (Fsp3) is 0.222. The standard InChI is InChI=1S/C9H10O5S.Li.H/c1-7-3-5-8(6-4-7)15(11,12)14-9(10)13-2;;/h3-6H,1-2H3;;/q;+1;-1. The van der Waals surface area contributed by atoms with E-state index in [0.717, 1.165) is 12.7 Å². The molecule has 0 heterocycles. The van der Waals surface area contributed by atoms with Crippen LogP contribution in [0.2, 0.25) is 0 Å². The molecule has 0 atom stereocenters. The first kappa shape index (κ1) is 15.0. The summed E-state index contributed by atoms with van der Waals surface area (Å²) in [5.41, 5.74) is 0.909. The zero-order valence-electron chi connectivity index (χ0n) is 10.3. The molecule has 1 rings (SSSR count). The van der Waals surface area contributed by atoms with Gasteiger partial charge >= 0.3 is 35.1 Å². The van der Waals surface area contributed by atoms with Gasteiger partial charge in [-0.05, 0) is 19.1 Å². The van der Waals surface area contributed by atoms with Crippen LogP contribution in [0.5, 0.6) is 0 Å². The van der Waals surface area contributed by atoms with E-state index in [2.05, 4.69) is 8.92 Å². The van der Waals surface area contributed by atoms with Crippen molar-refractivity contribution in [1.82, 2.24) is 0 Å². The van der Waals surface area contributed by atoms with Crippen molar-refractivity contribution in [3.8, 4) is 0 Å². The molecule has 5 nitrogen and oxygen atoms in total. The molecule has 0 amide bonds. The third-order valence-corrected chi connectivity index (χ3v) is 2.86. The summed E-state index contributed by atoms with van der Waals surface area (Å²) in [5, 5.41) is 0. The van der Waals surface area contributed by atoms with Crippen molar-refractivity contribution in [2.24, 2.45) is 0 Å². The van der Waals surface area contributed by atoms with Gasteiger partial charge in [0.05, 0.1) is 7.11 Å². The van der Waals surface area contributed by atoms with Crippen LogP contribution in [0, 0.1) is 6.92 Å². The van der Waals surface area contributed by atoms with Crippen molar-refractivity contribution in [3.05, 3.63) is 29.8 Å². The summed E-state index contributed by atoms with van der Waals surface area (Å²) in [4.78, 5) is 10.6. The summed E-state index contributed by atoms with van der Waals surface area (Å²) in [6.07, 6.45) is -1.25. The van der Waals surface area contributed by atoms with Crippen LogP contribution in [0.25, 0.3) is 0 Å². The summed E-state index contributed by atoms with van der Waals surface area (Å²) >= 11 is 0. The topological polar surface area (TPSA) is 69.7 Å². The van der Waals surface area contributed by atoms with E-state index in [1.54, 1.807) is 12.1 Å². The van der Waals surface area contributed by atoms with E-state index in [9.17, 15) is 13.2 Å². The second-order valence-electron chi connectivity index (χ2n) is 2.80. The van der Waals surface area contributed by atoms with Gasteiger partial charge in [-0.1, -0.05) is 17.7 Å². The summed E-state index contributed by atoms with van der Waals surface area (Å²) in [7, 11) is -3.03. The first-order chi connectivity index (χ1) is 6.95. The molecule has 1 aromatic rings. The first-order valence-electron chi connectivity index (χ1n) is 4.05. The minimum Gasteiger partial charge on any atom is -1.00 e. The Bertz CT molecular complexity index is 457. The van der Waals surface area contributed by atoms with Crippen molar-refractivity contribution >= 4 is 16.3 Å². The van der Waals surface area contributed by atoms with Crippen LogP contribution < -0.4 is 18.9 Å². The Morgan fingerprint density at radius 2 is 1.75 bits per heavy atom. The Morgan fingerprint density at radius 3 is 2.19 bits per heavy atom. The molecule has 0 saturated carbocycles. The smallest absolute Gasteiger partial charge is 1.00 e. The van der Waals surface area contributed by atoms with Crippen molar-refractivity contribution in [3.63, 3.8) is 0 Å². The molecule has 0 aliphatic heterocycles. The summed E-state index contributed by atoms with van der Waals surface area (Å²) in [6, 6.07) is 5.92. The second-order valence-corrected chi connectivity index (χ2v) is 4.35. The average Bonchev–Trinajstić information content (AvgIpc) is 2.17.